The maximum Gasteiger partial charge on any atom is 0.245 e. The second kappa shape index (κ2) is 6.25. The van der Waals surface area contributed by atoms with Gasteiger partial charge < -0.3 is 10.1 Å². The highest BCUT2D eigenvalue weighted by Crippen LogP contribution is 2.36. The molecular formula is C14H14Br2N2O2. The van der Waals surface area contributed by atoms with E-state index in [1.54, 1.807) is 0 Å². The van der Waals surface area contributed by atoms with Gasteiger partial charge in [0.2, 0.25) is 5.91 Å². The minimum absolute atomic E-state index is 0.270. The number of carbonyl (C=O) groups is 1. The Morgan fingerprint density at radius 2 is 1.90 bits per heavy atom. The Morgan fingerprint density at radius 3 is 2.40 bits per heavy atom. The van der Waals surface area contributed by atoms with Crippen LogP contribution in [0.1, 0.15) is 18.4 Å². The molecule has 1 N–H and O–H groups in total. The molecule has 0 radical (unpaired) electrons. The van der Waals surface area contributed by atoms with Crippen LogP contribution in [0.25, 0.3) is 0 Å². The quantitative estimate of drug-likeness (QED) is 0.820. The van der Waals surface area contributed by atoms with Crippen LogP contribution in [-0.4, -0.2) is 19.1 Å². The van der Waals surface area contributed by atoms with E-state index in [0.717, 1.165) is 14.5 Å². The number of aryl methyl sites for hydroxylation is 1. The first kappa shape index (κ1) is 15.5. The third kappa shape index (κ3) is 3.05. The number of nitriles is 1. The lowest BCUT2D eigenvalue weighted by Crippen LogP contribution is -2.40. The molecule has 0 saturated carbocycles. The van der Waals surface area contributed by atoms with Gasteiger partial charge >= 0.3 is 0 Å². The molecule has 0 bridgehead atoms. The average molecular weight is 402 g/mol. The summed E-state index contributed by atoms with van der Waals surface area (Å²) in [7, 11) is 0. The number of carbonyl (C=O) groups excluding carboxylic acids is 1. The van der Waals surface area contributed by atoms with Gasteiger partial charge in [-0.3, -0.25) is 4.79 Å². The lowest BCUT2D eigenvalue weighted by Gasteiger charge is -2.29. The second-order valence-corrected chi connectivity index (χ2v) is 6.57. The SMILES string of the molecule is Cc1cc(Br)c(NC(=O)C2(C#N)CCOCC2)c(Br)c1. The second-order valence-electron chi connectivity index (χ2n) is 4.86. The van der Waals surface area contributed by atoms with E-state index in [4.69, 9.17) is 4.74 Å². The minimum atomic E-state index is -0.998. The van der Waals surface area contributed by atoms with E-state index < -0.39 is 5.41 Å². The van der Waals surface area contributed by atoms with Crippen LogP contribution in [0.5, 0.6) is 0 Å². The summed E-state index contributed by atoms with van der Waals surface area (Å²) in [5.41, 5.74) is 0.728. The van der Waals surface area contributed by atoms with Crippen molar-refractivity contribution >= 4 is 43.5 Å². The lowest BCUT2D eigenvalue weighted by atomic mass is 9.81. The summed E-state index contributed by atoms with van der Waals surface area (Å²) in [6.07, 6.45) is 0.854. The molecule has 0 aliphatic carbocycles. The van der Waals surface area contributed by atoms with Crippen molar-refractivity contribution < 1.29 is 9.53 Å². The number of rotatable bonds is 2. The Balaban J connectivity index is 2.26. The molecule has 1 aromatic rings. The number of hydrogen-bond acceptors (Lipinski definition) is 3. The predicted molar refractivity (Wildman–Crippen MR) is 83.3 cm³/mol. The van der Waals surface area contributed by atoms with Crippen molar-refractivity contribution in [3.63, 3.8) is 0 Å². The van der Waals surface area contributed by atoms with Crippen molar-refractivity contribution in [1.82, 2.24) is 0 Å². The topological polar surface area (TPSA) is 62.1 Å². The van der Waals surface area contributed by atoms with Gasteiger partial charge in [-0.25, -0.2) is 0 Å². The van der Waals surface area contributed by atoms with Crippen LogP contribution in [0.4, 0.5) is 5.69 Å². The largest absolute Gasteiger partial charge is 0.381 e. The number of anilines is 1. The van der Waals surface area contributed by atoms with Gasteiger partial charge in [0, 0.05) is 22.2 Å². The third-order valence-electron chi connectivity index (χ3n) is 3.42. The number of amides is 1. The van der Waals surface area contributed by atoms with Crippen molar-refractivity contribution in [2.24, 2.45) is 5.41 Å². The van der Waals surface area contributed by atoms with E-state index in [1.807, 2.05) is 19.1 Å². The monoisotopic (exact) mass is 400 g/mol. The van der Waals surface area contributed by atoms with Gasteiger partial charge in [0.1, 0.15) is 5.41 Å². The first-order chi connectivity index (χ1) is 9.48. The normalized spacial score (nSPS) is 17.3. The molecule has 0 spiro atoms. The van der Waals surface area contributed by atoms with Crippen LogP contribution in [0.15, 0.2) is 21.1 Å². The first-order valence-corrected chi connectivity index (χ1v) is 7.83. The van der Waals surface area contributed by atoms with Crippen LogP contribution in [0.3, 0.4) is 0 Å². The standard InChI is InChI=1S/C14H14Br2N2O2/c1-9-6-10(15)12(11(16)7-9)18-13(19)14(8-17)2-4-20-5-3-14/h6-7H,2-5H2,1H3,(H,18,19). The zero-order valence-corrected chi connectivity index (χ0v) is 14.2. The highest BCUT2D eigenvalue weighted by atomic mass is 79.9. The van der Waals surface area contributed by atoms with Crippen LogP contribution >= 0.6 is 31.9 Å². The maximum atomic E-state index is 12.5. The number of hydrogen-bond donors (Lipinski definition) is 1. The zero-order valence-electron chi connectivity index (χ0n) is 11.0. The van der Waals surface area contributed by atoms with E-state index in [1.165, 1.54) is 0 Å². The molecule has 1 amide bonds. The molecule has 1 saturated heterocycles. The van der Waals surface area contributed by atoms with Crippen molar-refractivity contribution in [2.45, 2.75) is 19.8 Å². The zero-order chi connectivity index (χ0) is 14.8. The maximum absolute atomic E-state index is 12.5. The summed E-state index contributed by atoms with van der Waals surface area (Å²) >= 11 is 6.88. The molecule has 2 rings (SSSR count). The Morgan fingerprint density at radius 1 is 1.35 bits per heavy atom. The summed E-state index contributed by atoms with van der Waals surface area (Å²) in [6.45, 7) is 2.85. The Labute approximate surface area is 134 Å². The van der Waals surface area contributed by atoms with Crippen molar-refractivity contribution in [3.8, 4) is 6.07 Å². The number of halogens is 2. The average Bonchev–Trinajstić information content (AvgIpc) is 2.43. The molecule has 0 unspecified atom stereocenters. The van der Waals surface area contributed by atoms with E-state index in [-0.39, 0.29) is 5.91 Å². The summed E-state index contributed by atoms with van der Waals surface area (Å²) in [6, 6.07) is 6.01. The molecule has 6 heteroatoms. The molecule has 20 heavy (non-hydrogen) atoms. The summed E-state index contributed by atoms with van der Waals surface area (Å²) in [5.74, 6) is -0.270. The fraction of sp³-hybridized carbons (Fsp3) is 0.429. The van der Waals surface area contributed by atoms with Crippen LogP contribution < -0.4 is 5.32 Å². The Hall–Kier alpha value is -0.900. The van der Waals surface area contributed by atoms with Gasteiger partial charge in [-0.15, -0.1) is 0 Å². The highest BCUT2D eigenvalue weighted by molar-refractivity contribution is 9.11. The van der Waals surface area contributed by atoms with Crippen molar-refractivity contribution in [1.29, 1.82) is 5.26 Å². The fourth-order valence-corrected chi connectivity index (χ4v) is 3.78. The summed E-state index contributed by atoms with van der Waals surface area (Å²) in [4.78, 5) is 12.5. The molecule has 4 nitrogen and oxygen atoms in total. The van der Waals surface area contributed by atoms with Gasteiger partial charge in [-0.1, -0.05) is 0 Å². The molecule has 0 aromatic heterocycles. The van der Waals surface area contributed by atoms with Gasteiger partial charge in [0.05, 0.1) is 11.8 Å². The predicted octanol–water partition coefficient (Wildman–Crippen LogP) is 3.78. The molecule has 1 aliphatic rings. The number of nitrogens with zero attached hydrogens (tertiary/aromatic N) is 1. The van der Waals surface area contributed by atoms with Crippen LogP contribution in [0.2, 0.25) is 0 Å². The minimum Gasteiger partial charge on any atom is -0.381 e. The Bertz CT molecular complexity index is 552. The number of nitrogens with one attached hydrogen (secondary N) is 1. The smallest absolute Gasteiger partial charge is 0.245 e. The van der Waals surface area contributed by atoms with Crippen molar-refractivity contribution in [3.05, 3.63) is 26.6 Å². The van der Waals surface area contributed by atoms with Gasteiger partial charge in [-0.05, 0) is 69.3 Å². The molecule has 0 atom stereocenters. The Kier molecular flexibility index (Phi) is 4.84. The molecule has 1 fully saturated rings. The number of ether oxygens (including phenoxy) is 1. The van der Waals surface area contributed by atoms with E-state index in [0.29, 0.717) is 31.7 Å². The van der Waals surface area contributed by atoms with E-state index >= 15 is 0 Å². The molecule has 1 heterocycles. The van der Waals surface area contributed by atoms with Crippen molar-refractivity contribution in [2.75, 3.05) is 18.5 Å². The molecule has 1 aliphatic heterocycles. The number of benzene rings is 1. The van der Waals surface area contributed by atoms with Gasteiger partial charge in [-0.2, -0.15) is 5.26 Å². The summed E-state index contributed by atoms with van der Waals surface area (Å²) < 4.78 is 6.82. The summed E-state index contributed by atoms with van der Waals surface area (Å²) in [5, 5.41) is 12.2. The molecule has 106 valence electrons. The van der Waals surface area contributed by atoms with Crippen LogP contribution in [0, 0.1) is 23.7 Å². The highest BCUT2D eigenvalue weighted by Gasteiger charge is 2.40. The molecular weight excluding hydrogens is 388 g/mol. The fourth-order valence-electron chi connectivity index (χ4n) is 2.16. The van der Waals surface area contributed by atoms with E-state index in [2.05, 4.69) is 43.2 Å². The molecule has 1 aromatic carbocycles. The van der Waals surface area contributed by atoms with Gasteiger partial charge in [0.15, 0.2) is 0 Å². The van der Waals surface area contributed by atoms with Crippen LogP contribution in [-0.2, 0) is 9.53 Å². The lowest BCUT2D eigenvalue weighted by molar-refractivity contribution is -0.126. The van der Waals surface area contributed by atoms with E-state index in [9.17, 15) is 10.1 Å². The van der Waals surface area contributed by atoms with Gasteiger partial charge in [0.25, 0.3) is 0 Å². The third-order valence-corrected chi connectivity index (χ3v) is 4.67. The first-order valence-electron chi connectivity index (χ1n) is 6.24.